The summed E-state index contributed by atoms with van der Waals surface area (Å²) >= 11 is 6.60. The summed E-state index contributed by atoms with van der Waals surface area (Å²) in [5.41, 5.74) is 1.93. The molecule has 0 atom stereocenters. The smallest absolute Gasteiger partial charge is 0.341 e. The molecule has 7 heteroatoms. The average molecular weight is 374 g/mol. The lowest BCUT2D eigenvalue weighted by Crippen LogP contribution is -2.25. The third kappa shape index (κ3) is 2.90. The molecule has 0 bridgehead atoms. The van der Waals surface area contributed by atoms with Crippen molar-refractivity contribution in [1.82, 2.24) is 15.2 Å². The Hall–Kier alpha value is -2.60. The molecule has 3 rings (SSSR count). The first-order valence-electron chi connectivity index (χ1n) is 8.28. The van der Waals surface area contributed by atoms with Crippen LogP contribution in [0.15, 0.2) is 24.3 Å². The van der Waals surface area contributed by atoms with E-state index >= 15 is 0 Å². The summed E-state index contributed by atoms with van der Waals surface area (Å²) < 4.78 is 5.23. The Balaban J connectivity index is 2.33. The molecule has 0 aliphatic rings. The van der Waals surface area contributed by atoms with Crippen LogP contribution in [-0.4, -0.2) is 32.9 Å². The van der Waals surface area contributed by atoms with Gasteiger partial charge in [-0.1, -0.05) is 37.6 Å². The van der Waals surface area contributed by atoms with E-state index in [-0.39, 0.29) is 22.9 Å². The molecule has 0 radical (unpaired) electrons. The van der Waals surface area contributed by atoms with Crippen molar-refractivity contribution in [3.05, 3.63) is 51.8 Å². The van der Waals surface area contributed by atoms with Crippen LogP contribution < -0.4 is 0 Å². The van der Waals surface area contributed by atoms with Crippen LogP contribution in [0.3, 0.4) is 0 Å². The number of benzene rings is 1. The zero-order valence-corrected chi connectivity index (χ0v) is 15.8. The fraction of sp³-hybridized carbons (Fsp3) is 0.316. The van der Waals surface area contributed by atoms with Gasteiger partial charge >= 0.3 is 5.97 Å². The minimum absolute atomic E-state index is 0.137. The molecule has 2 heterocycles. The number of nitrogens with zero attached hydrogens (tertiary/aromatic N) is 2. The molecule has 0 unspecified atom stereocenters. The number of rotatable bonds is 4. The summed E-state index contributed by atoms with van der Waals surface area (Å²) in [7, 11) is 0. The Bertz CT molecular complexity index is 995. The van der Waals surface area contributed by atoms with Gasteiger partial charge < -0.3 is 9.84 Å². The van der Waals surface area contributed by atoms with Crippen LogP contribution in [-0.2, 0) is 10.2 Å². The lowest BCUT2D eigenvalue weighted by molar-refractivity contribution is 0.0523. The van der Waals surface area contributed by atoms with Crippen LogP contribution in [0.2, 0.25) is 5.02 Å². The molecule has 26 heavy (non-hydrogen) atoms. The number of esters is 1. The monoisotopic (exact) mass is 373 g/mol. The van der Waals surface area contributed by atoms with E-state index in [2.05, 4.69) is 15.2 Å². The van der Waals surface area contributed by atoms with Gasteiger partial charge in [-0.15, -0.1) is 0 Å². The summed E-state index contributed by atoms with van der Waals surface area (Å²) in [5, 5.41) is 17.7. The number of aromatic amines is 1. The van der Waals surface area contributed by atoms with E-state index < -0.39 is 11.4 Å². The summed E-state index contributed by atoms with van der Waals surface area (Å²) in [6, 6.07) is 6.85. The van der Waals surface area contributed by atoms with Crippen molar-refractivity contribution in [2.75, 3.05) is 6.61 Å². The number of halogens is 1. The molecule has 0 aliphatic carbocycles. The van der Waals surface area contributed by atoms with Crippen LogP contribution in [0, 0.1) is 6.92 Å². The number of aryl methyl sites for hydroxylation is 1. The van der Waals surface area contributed by atoms with Crippen molar-refractivity contribution in [1.29, 1.82) is 0 Å². The zero-order valence-electron chi connectivity index (χ0n) is 15.1. The second kappa shape index (κ2) is 6.61. The van der Waals surface area contributed by atoms with Crippen molar-refractivity contribution >= 4 is 28.6 Å². The predicted octanol–water partition coefficient (Wildman–Crippen LogP) is 4.13. The van der Waals surface area contributed by atoms with Gasteiger partial charge in [0, 0.05) is 5.41 Å². The number of H-pyrrole nitrogens is 1. The van der Waals surface area contributed by atoms with E-state index in [1.807, 2.05) is 19.9 Å². The number of aromatic nitrogens is 3. The average Bonchev–Trinajstić information content (AvgIpc) is 2.96. The molecule has 0 aliphatic heterocycles. The second-order valence-corrected chi connectivity index (χ2v) is 6.96. The van der Waals surface area contributed by atoms with Gasteiger partial charge in [-0.2, -0.15) is 5.10 Å². The topological polar surface area (TPSA) is 88.1 Å². The Morgan fingerprint density at radius 3 is 2.77 bits per heavy atom. The van der Waals surface area contributed by atoms with Gasteiger partial charge in [0.15, 0.2) is 5.65 Å². The standard InChI is InChI=1S/C19H20ClN3O3/c1-5-26-18(25)14-15(20)13-10(2)22-23-17(13)21-16(14)19(3,4)11-7-6-8-12(24)9-11/h6-9,24H,5H2,1-4H3,(H,21,22,23). The van der Waals surface area contributed by atoms with E-state index in [1.54, 1.807) is 32.0 Å². The van der Waals surface area contributed by atoms with Crippen molar-refractivity contribution in [3.8, 4) is 5.75 Å². The van der Waals surface area contributed by atoms with Crippen LogP contribution in [0.1, 0.15) is 48.1 Å². The lowest BCUT2D eigenvalue weighted by Gasteiger charge is -2.27. The highest BCUT2D eigenvalue weighted by Crippen LogP contribution is 2.39. The first-order valence-corrected chi connectivity index (χ1v) is 8.66. The quantitative estimate of drug-likeness (QED) is 0.671. The fourth-order valence-corrected chi connectivity index (χ4v) is 3.43. The van der Waals surface area contributed by atoms with Gasteiger partial charge in [-0.05, 0) is 31.5 Å². The molecule has 136 valence electrons. The molecule has 0 spiro atoms. The maximum absolute atomic E-state index is 12.7. The van der Waals surface area contributed by atoms with Gasteiger partial charge in [0.05, 0.1) is 28.4 Å². The van der Waals surface area contributed by atoms with Crippen molar-refractivity contribution in [3.63, 3.8) is 0 Å². The molecule has 1 aromatic carbocycles. The van der Waals surface area contributed by atoms with Crippen molar-refractivity contribution in [2.24, 2.45) is 0 Å². The van der Waals surface area contributed by atoms with Crippen LogP contribution >= 0.6 is 11.6 Å². The number of carbonyl (C=O) groups excluding carboxylic acids is 1. The number of carbonyl (C=O) groups is 1. The Labute approximate surface area is 156 Å². The van der Waals surface area contributed by atoms with Gasteiger partial charge in [0.25, 0.3) is 0 Å². The molecular formula is C19H20ClN3O3. The number of phenolic OH excluding ortho intramolecular Hbond substituents is 1. The van der Waals surface area contributed by atoms with Gasteiger partial charge in [-0.3, -0.25) is 5.10 Å². The van der Waals surface area contributed by atoms with Crippen LogP contribution in [0.5, 0.6) is 5.75 Å². The Morgan fingerprint density at radius 2 is 2.12 bits per heavy atom. The molecule has 0 saturated carbocycles. The Kier molecular flexibility index (Phi) is 4.63. The van der Waals surface area contributed by atoms with Gasteiger partial charge in [0.2, 0.25) is 0 Å². The predicted molar refractivity (Wildman–Crippen MR) is 99.8 cm³/mol. The molecule has 0 amide bonds. The molecule has 2 N–H and O–H groups in total. The summed E-state index contributed by atoms with van der Waals surface area (Å²) in [6.45, 7) is 7.59. The minimum Gasteiger partial charge on any atom is -0.508 e. The van der Waals surface area contributed by atoms with Crippen molar-refractivity contribution in [2.45, 2.75) is 33.1 Å². The highest BCUT2D eigenvalue weighted by molar-refractivity contribution is 6.38. The van der Waals surface area contributed by atoms with Crippen LogP contribution in [0.25, 0.3) is 11.0 Å². The van der Waals surface area contributed by atoms with E-state index in [9.17, 15) is 9.90 Å². The number of aromatic hydroxyl groups is 1. The third-order valence-electron chi connectivity index (χ3n) is 4.47. The van der Waals surface area contributed by atoms with E-state index in [1.165, 1.54) is 0 Å². The maximum Gasteiger partial charge on any atom is 0.341 e. The summed E-state index contributed by atoms with van der Waals surface area (Å²) in [4.78, 5) is 17.3. The Morgan fingerprint density at radius 1 is 1.38 bits per heavy atom. The van der Waals surface area contributed by atoms with Gasteiger partial charge in [-0.25, -0.2) is 9.78 Å². The van der Waals surface area contributed by atoms with E-state index in [0.29, 0.717) is 22.4 Å². The van der Waals surface area contributed by atoms with Gasteiger partial charge in [0.1, 0.15) is 11.3 Å². The number of hydrogen-bond donors (Lipinski definition) is 2. The molecule has 6 nitrogen and oxygen atoms in total. The zero-order chi connectivity index (χ0) is 19.1. The first-order chi connectivity index (χ1) is 12.3. The highest BCUT2D eigenvalue weighted by Gasteiger charge is 2.34. The molecule has 3 aromatic rings. The summed E-state index contributed by atoms with van der Waals surface area (Å²) in [6.07, 6.45) is 0. The third-order valence-corrected chi connectivity index (χ3v) is 4.84. The maximum atomic E-state index is 12.7. The number of pyridine rings is 1. The minimum atomic E-state index is -0.711. The second-order valence-electron chi connectivity index (χ2n) is 6.58. The largest absolute Gasteiger partial charge is 0.508 e. The SMILES string of the molecule is CCOC(=O)c1c(C(C)(C)c2cccc(O)c2)nc2[nH]nc(C)c2c1Cl. The lowest BCUT2D eigenvalue weighted by atomic mass is 9.79. The first kappa shape index (κ1) is 18.2. The molecule has 0 fully saturated rings. The normalized spacial score (nSPS) is 11.7. The highest BCUT2D eigenvalue weighted by atomic mass is 35.5. The number of fused-ring (bicyclic) bond motifs is 1. The van der Waals surface area contributed by atoms with E-state index in [0.717, 1.165) is 5.56 Å². The van der Waals surface area contributed by atoms with Crippen molar-refractivity contribution < 1.29 is 14.6 Å². The number of phenols is 1. The summed E-state index contributed by atoms with van der Waals surface area (Å²) in [5.74, 6) is -0.395. The number of nitrogens with one attached hydrogen (secondary N) is 1. The molecule has 0 saturated heterocycles. The number of hydrogen-bond acceptors (Lipinski definition) is 5. The number of ether oxygens (including phenoxy) is 1. The van der Waals surface area contributed by atoms with E-state index in [4.69, 9.17) is 16.3 Å². The van der Waals surface area contributed by atoms with Crippen LogP contribution in [0.4, 0.5) is 0 Å². The molecule has 2 aromatic heterocycles. The fourth-order valence-electron chi connectivity index (χ4n) is 3.03. The molecular weight excluding hydrogens is 354 g/mol.